The molecule has 0 radical (unpaired) electrons. The van der Waals surface area contributed by atoms with Gasteiger partial charge in [-0.3, -0.25) is 4.79 Å². The lowest BCUT2D eigenvalue weighted by Gasteiger charge is -1.82. The van der Waals surface area contributed by atoms with Gasteiger partial charge in [0.1, 0.15) is 0 Å². The molecule has 0 aromatic carbocycles. The van der Waals surface area contributed by atoms with Crippen LogP contribution in [-0.4, -0.2) is 10.2 Å². The molecule has 0 atom stereocenters. The van der Waals surface area contributed by atoms with Crippen LogP contribution in [0.2, 0.25) is 4.34 Å². The van der Waals surface area contributed by atoms with Crippen LogP contribution in [-0.2, 0) is 0 Å². The third kappa shape index (κ3) is 1.43. The van der Waals surface area contributed by atoms with E-state index in [2.05, 4.69) is 10.2 Å². The number of aromatic nitrogens is 2. The summed E-state index contributed by atoms with van der Waals surface area (Å²) in [5.74, 6) is 0. The van der Waals surface area contributed by atoms with Crippen molar-refractivity contribution in [2.75, 3.05) is 0 Å². The number of nitrogens with one attached hydrogen (secondary N) is 1. The number of aromatic amines is 1. The summed E-state index contributed by atoms with van der Waals surface area (Å²) in [5, 5.41) is 6.88. The van der Waals surface area contributed by atoms with Gasteiger partial charge in [-0.1, -0.05) is 22.9 Å². The number of hydrogen-bond acceptors (Lipinski definition) is 4. The average molecular weight is 219 g/mol. The molecule has 0 aliphatic carbocycles. The van der Waals surface area contributed by atoms with Crippen LogP contribution < -0.4 is 4.87 Å². The molecule has 2 aromatic rings. The largest absolute Gasteiger partial charge is 0.322 e. The lowest BCUT2D eigenvalue weighted by atomic mass is 10.5. The van der Waals surface area contributed by atoms with E-state index >= 15 is 0 Å². The maximum absolute atomic E-state index is 10.7. The Bertz CT molecular complexity index is 444. The molecule has 62 valence electrons. The van der Waals surface area contributed by atoms with Gasteiger partial charge in [-0.05, 0) is 12.1 Å². The van der Waals surface area contributed by atoms with Crippen molar-refractivity contribution in [3.05, 3.63) is 26.1 Å². The molecule has 6 heteroatoms. The van der Waals surface area contributed by atoms with Crippen molar-refractivity contribution in [1.82, 2.24) is 10.2 Å². The Balaban J connectivity index is 2.50. The number of hydrogen-bond donors (Lipinski definition) is 1. The summed E-state index contributed by atoms with van der Waals surface area (Å²) < 4.78 is 0.702. The number of rotatable bonds is 1. The van der Waals surface area contributed by atoms with Gasteiger partial charge in [0.25, 0.3) is 0 Å². The second kappa shape index (κ2) is 3.01. The molecule has 12 heavy (non-hydrogen) atoms. The monoisotopic (exact) mass is 218 g/mol. The minimum Gasteiger partial charge on any atom is -0.255 e. The van der Waals surface area contributed by atoms with Crippen molar-refractivity contribution >= 4 is 34.3 Å². The smallest absolute Gasteiger partial charge is 0.255 e. The highest BCUT2D eigenvalue weighted by Crippen LogP contribution is 2.30. The van der Waals surface area contributed by atoms with Crippen LogP contribution >= 0.6 is 34.3 Å². The lowest BCUT2D eigenvalue weighted by Crippen LogP contribution is -1.90. The molecule has 0 aliphatic heterocycles. The van der Waals surface area contributed by atoms with Gasteiger partial charge in [-0.2, -0.15) is 5.10 Å². The molecule has 0 saturated heterocycles. The molecular weight excluding hydrogens is 216 g/mol. The highest BCUT2D eigenvalue weighted by molar-refractivity contribution is 7.23. The highest BCUT2D eigenvalue weighted by atomic mass is 35.5. The van der Waals surface area contributed by atoms with E-state index in [-0.39, 0.29) is 4.87 Å². The average Bonchev–Trinajstić information content (AvgIpc) is 2.58. The number of thiophene rings is 1. The number of halogens is 1. The van der Waals surface area contributed by atoms with Crippen LogP contribution in [0.15, 0.2) is 16.9 Å². The molecule has 2 heterocycles. The molecule has 0 spiro atoms. The third-order valence-electron chi connectivity index (χ3n) is 1.22. The Morgan fingerprint density at radius 3 is 2.75 bits per heavy atom. The normalized spacial score (nSPS) is 10.4. The third-order valence-corrected chi connectivity index (χ3v) is 3.37. The maximum Gasteiger partial charge on any atom is 0.322 e. The van der Waals surface area contributed by atoms with Crippen LogP contribution in [0.1, 0.15) is 0 Å². The number of nitrogens with zero attached hydrogens (tertiary/aromatic N) is 1. The first-order valence-electron chi connectivity index (χ1n) is 3.07. The van der Waals surface area contributed by atoms with Crippen LogP contribution in [0.5, 0.6) is 0 Å². The summed E-state index contributed by atoms with van der Waals surface area (Å²) in [6, 6.07) is 3.63. The Kier molecular flexibility index (Phi) is 2.00. The van der Waals surface area contributed by atoms with Gasteiger partial charge in [-0.15, -0.1) is 11.3 Å². The summed E-state index contributed by atoms with van der Waals surface area (Å²) in [7, 11) is 0. The van der Waals surface area contributed by atoms with E-state index in [1.165, 1.54) is 11.3 Å². The van der Waals surface area contributed by atoms with Gasteiger partial charge in [0.2, 0.25) is 0 Å². The first-order valence-corrected chi connectivity index (χ1v) is 5.08. The number of H-pyrrole nitrogens is 1. The molecular formula is C6H3ClN2OS2. The molecule has 0 bridgehead atoms. The van der Waals surface area contributed by atoms with Gasteiger partial charge in [-0.25, -0.2) is 5.10 Å². The SMILES string of the molecule is O=c1[nH]nc(-c2ccc(Cl)s2)s1. The van der Waals surface area contributed by atoms with Crippen molar-refractivity contribution in [1.29, 1.82) is 0 Å². The summed E-state index contributed by atoms with van der Waals surface area (Å²) in [6.45, 7) is 0. The summed E-state index contributed by atoms with van der Waals surface area (Å²) in [6.07, 6.45) is 0. The predicted octanol–water partition coefficient (Wildman–Crippen LogP) is 2.21. The molecule has 3 nitrogen and oxygen atoms in total. The molecule has 0 saturated carbocycles. The highest BCUT2D eigenvalue weighted by Gasteiger charge is 2.05. The van der Waals surface area contributed by atoms with Gasteiger partial charge < -0.3 is 0 Å². The summed E-state index contributed by atoms with van der Waals surface area (Å²) in [5.41, 5.74) is 0. The minimum atomic E-state index is -0.144. The molecule has 0 amide bonds. The van der Waals surface area contributed by atoms with Crippen molar-refractivity contribution in [3.63, 3.8) is 0 Å². The van der Waals surface area contributed by atoms with E-state index in [0.29, 0.717) is 9.34 Å². The van der Waals surface area contributed by atoms with Crippen molar-refractivity contribution < 1.29 is 0 Å². The summed E-state index contributed by atoms with van der Waals surface area (Å²) >= 11 is 8.22. The maximum atomic E-state index is 10.7. The fourth-order valence-corrected chi connectivity index (χ4v) is 2.47. The van der Waals surface area contributed by atoms with E-state index in [0.717, 1.165) is 16.2 Å². The van der Waals surface area contributed by atoms with Crippen molar-refractivity contribution in [3.8, 4) is 9.88 Å². The molecule has 0 aliphatic rings. The zero-order valence-electron chi connectivity index (χ0n) is 5.70. The fraction of sp³-hybridized carbons (Fsp3) is 0. The predicted molar refractivity (Wildman–Crippen MR) is 51.1 cm³/mol. The molecule has 1 N–H and O–H groups in total. The molecule has 0 unspecified atom stereocenters. The zero-order chi connectivity index (χ0) is 8.55. The molecule has 0 fully saturated rings. The standard InChI is InChI=1S/C6H3ClN2OS2/c7-4-2-1-3(11-4)5-8-9-6(10)12-5/h1-2H,(H,9,10). The van der Waals surface area contributed by atoms with Crippen LogP contribution in [0, 0.1) is 0 Å². The van der Waals surface area contributed by atoms with E-state index in [1.807, 2.05) is 6.07 Å². The minimum absolute atomic E-state index is 0.144. The van der Waals surface area contributed by atoms with E-state index in [4.69, 9.17) is 11.6 Å². The van der Waals surface area contributed by atoms with Crippen LogP contribution in [0.3, 0.4) is 0 Å². The van der Waals surface area contributed by atoms with Gasteiger partial charge in [0, 0.05) is 0 Å². The first kappa shape index (κ1) is 7.97. The Morgan fingerprint density at radius 2 is 2.25 bits per heavy atom. The van der Waals surface area contributed by atoms with Gasteiger partial charge >= 0.3 is 4.87 Å². The van der Waals surface area contributed by atoms with Crippen molar-refractivity contribution in [2.24, 2.45) is 0 Å². The fourth-order valence-electron chi connectivity index (χ4n) is 0.764. The Hall–Kier alpha value is -0.650. The first-order chi connectivity index (χ1) is 5.75. The van der Waals surface area contributed by atoms with E-state index < -0.39 is 0 Å². The van der Waals surface area contributed by atoms with Crippen LogP contribution in [0.25, 0.3) is 9.88 Å². The van der Waals surface area contributed by atoms with E-state index in [9.17, 15) is 4.79 Å². The Morgan fingerprint density at radius 1 is 1.42 bits per heavy atom. The van der Waals surface area contributed by atoms with Crippen LogP contribution in [0.4, 0.5) is 0 Å². The topological polar surface area (TPSA) is 45.8 Å². The quantitative estimate of drug-likeness (QED) is 0.798. The van der Waals surface area contributed by atoms with Crippen molar-refractivity contribution in [2.45, 2.75) is 0 Å². The van der Waals surface area contributed by atoms with E-state index in [1.54, 1.807) is 6.07 Å². The second-order valence-corrected chi connectivity index (χ2v) is 4.70. The lowest BCUT2D eigenvalue weighted by molar-refractivity contribution is 1.06. The molecule has 2 aromatic heterocycles. The summed E-state index contributed by atoms with van der Waals surface area (Å²) in [4.78, 5) is 11.5. The van der Waals surface area contributed by atoms with Gasteiger partial charge in [0.15, 0.2) is 5.01 Å². The zero-order valence-corrected chi connectivity index (χ0v) is 8.09. The molecule has 2 rings (SSSR count). The second-order valence-electron chi connectivity index (χ2n) is 2.02. The Labute approximate surface area is 80.6 Å². The van der Waals surface area contributed by atoms with Gasteiger partial charge in [0.05, 0.1) is 9.21 Å².